The molecule has 1 atom stereocenters. The number of phosphoric acid groups is 1. The van der Waals surface area contributed by atoms with Crippen LogP contribution < -0.4 is 0 Å². The van der Waals surface area contributed by atoms with Gasteiger partial charge in [-0.3, -0.25) is 4.52 Å². The number of hydrogen-bond acceptors (Lipinski definition) is 2. The average molecular weight is 196 g/mol. The molecule has 0 heterocycles. The van der Waals surface area contributed by atoms with Crippen LogP contribution in [0.15, 0.2) is 0 Å². The van der Waals surface area contributed by atoms with Gasteiger partial charge in [0.15, 0.2) is 0 Å². The van der Waals surface area contributed by atoms with E-state index >= 15 is 0 Å². The molecular formula is C7H17O4P. The average Bonchev–Trinajstić information content (AvgIpc) is 1.49. The van der Waals surface area contributed by atoms with E-state index in [1.165, 1.54) is 0 Å². The summed E-state index contributed by atoms with van der Waals surface area (Å²) in [6.07, 6.45) is 0.212. The van der Waals surface area contributed by atoms with E-state index in [2.05, 4.69) is 4.52 Å². The van der Waals surface area contributed by atoms with Crippen LogP contribution in [-0.4, -0.2) is 15.9 Å². The van der Waals surface area contributed by atoms with Gasteiger partial charge in [-0.25, -0.2) is 4.57 Å². The zero-order chi connectivity index (χ0) is 9.99. The van der Waals surface area contributed by atoms with Gasteiger partial charge in [0.05, 0.1) is 6.10 Å². The SMILES string of the molecule is CC(CC(C)(C)C)OP(=O)(O)O. The normalized spacial score (nSPS) is 16.2. The van der Waals surface area contributed by atoms with E-state index < -0.39 is 13.9 Å². The molecule has 0 bridgehead atoms. The second-order valence-electron chi connectivity index (χ2n) is 4.17. The van der Waals surface area contributed by atoms with E-state index in [0.717, 1.165) is 0 Å². The fraction of sp³-hybridized carbons (Fsp3) is 1.00. The van der Waals surface area contributed by atoms with Crippen molar-refractivity contribution >= 4 is 7.82 Å². The molecule has 0 aromatic carbocycles. The minimum absolute atomic E-state index is 0.0224. The fourth-order valence-corrected chi connectivity index (χ4v) is 1.68. The topological polar surface area (TPSA) is 66.8 Å². The maximum atomic E-state index is 10.4. The first-order valence-corrected chi connectivity index (χ1v) is 5.37. The fourth-order valence-electron chi connectivity index (χ4n) is 1.13. The largest absolute Gasteiger partial charge is 0.469 e. The zero-order valence-electron chi connectivity index (χ0n) is 7.94. The predicted octanol–water partition coefficient (Wildman–Crippen LogP) is 1.92. The van der Waals surface area contributed by atoms with E-state index in [1.54, 1.807) is 6.92 Å². The maximum absolute atomic E-state index is 10.4. The van der Waals surface area contributed by atoms with Gasteiger partial charge < -0.3 is 9.79 Å². The Balaban J connectivity index is 3.91. The summed E-state index contributed by atoms with van der Waals surface area (Å²) < 4.78 is 14.9. The van der Waals surface area contributed by atoms with Crippen molar-refractivity contribution in [1.82, 2.24) is 0 Å². The summed E-state index contributed by atoms with van der Waals surface area (Å²) >= 11 is 0. The van der Waals surface area contributed by atoms with Gasteiger partial charge in [-0.1, -0.05) is 20.8 Å². The molecule has 0 fully saturated rings. The van der Waals surface area contributed by atoms with Crippen LogP contribution in [0.4, 0.5) is 0 Å². The quantitative estimate of drug-likeness (QED) is 0.676. The van der Waals surface area contributed by atoms with Gasteiger partial charge in [-0.15, -0.1) is 0 Å². The van der Waals surface area contributed by atoms with Crippen LogP contribution in [0.1, 0.15) is 34.1 Å². The lowest BCUT2D eigenvalue weighted by Gasteiger charge is -2.23. The Hall–Kier alpha value is 0.110. The standard InChI is InChI=1S/C7H17O4P/c1-6(5-7(2,3)4)11-12(8,9)10/h6H,5H2,1-4H3,(H2,8,9,10). The van der Waals surface area contributed by atoms with Crippen molar-refractivity contribution in [2.45, 2.75) is 40.2 Å². The van der Waals surface area contributed by atoms with Gasteiger partial charge in [0.1, 0.15) is 0 Å². The molecular weight excluding hydrogens is 179 g/mol. The Morgan fingerprint density at radius 2 is 1.83 bits per heavy atom. The Bertz CT molecular complexity index is 178. The molecule has 4 nitrogen and oxygen atoms in total. The number of rotatable bonds is 3. The summed E-state index contributed by atoms with van der Waals surface area (Å²) in [5, 5.41) is 0. The van der Waals surface area contributed by atoms with Crippen molar-refractivity contribution in [3.8, 4) is 0 Å². The van der Waals surface area contributed by atoms with E-state index in [4.69, 9.17) is 9.79 Å². The Labute approximate surface area is 73.2 Å². The smallest absolute Gasteiger partial charge is 0.303 e. The van der Waals surface area contributed by atoms with Gasteiger partial charge in [0.25, 0.3) is 0 Å². The van der Waals surface area contributed by atoms with Gasteiger partial charge >= 0.3 is 7.82 Å². The summed E-state index contributed by atoms with van der Waals surface area (Å²) in [4.78, 5) is 16.9. The van der Waals surface area contributed by atoms with Crippen LogP contribution in [0, 0.1) is 5.41 Å². The van der Waals surface area contributed by atoms with Crippen LogP contribution in [0.5, 0.6) is 0 Å². The minimum Gasteiger partial charge on any atom is -0.303 e. The lowest BCUT2D eigenvalue weighted by molar-refractivity contribution is 0.112. The summed E-state index contributed by atoms with van der Waals surface area (Å²) in [5.74, 6) is 0. The van der Waals surface area contributed by atoms with Crippen LogP contribution in [-0.2, 0) is 9.09 Å². The summed E-state index contributed by atoms with van der Waals surface area (Å²) in [6.45, 7) is 7.63. The molecule has 0 aliphatic heterocycles. The van der Waals surface area contributed by atoms with Gasteiger partial charge in [-0.05, 0) is 18.8 Å². The Kier molecular flexibility index (Phi) is 3.91. The molecule has 0 radical (unpaired) electrons. The monoisotopic (exact) mass is 196 g/mol. The third-order valence-electron chi connectivity index (χ3n) is 1.22. The Morgan fingerprint density at radius 3 is 2.08 bits per heavy atom. The second kappa shape index (κ2) is 3.88. The molecule has 2 N–H and O–H groups in total. The molecule has 0 saturated heterocycles. The molecule has 5 heteroatoms. The van der Waals surface area contributed by atoms with Crippen molar-refractivity contribution in [1.29, 1.82) is 0 Å². The highest BCUT2D eigenvalue weighted by molar-refractivity contribution is 7.46. The van der Waals surface area contributed by atoms with Crippen molar-refractivity contribution in [2.24, 2.45) is 5.41 Å². The molecule has 12 heavy (non-hydrogen) atoms. The lowest BCUT2D eigenvalue weighted by atomic mass is 9.90. The van der Waals surface area contributed by atoms with Crippen molar-refractivity contribution in [2.75, 3.05) is 0 Å². The van der Waals surface area contributed by atoms with Crippen LogP contribution in [0.2, 0.25) is 0 Å². The van der Waals surface area contributed by atoms with Gasteiger partial charge in [0.2, 0.25) is 0 Å². The highest BCUT2D eigenvalue weighted by atomic mass is 31.2. The van der Waals surface area contributed by atoms with Gasteiger partial charge in [-0.2, -0.15) is 0 Å². The number of hydrogen-bond donors (Lipinski definition) is 2. The Morgan fingerprint density at radius 1 is 1.42 bits per heavy atom. The summed E-state index contributed by atoms with van der Waals surface area (Å²) in [5.41, 5.74) is 0.0224. The molecule has 0 aliphatic rings. The highest BCUT2D eigenvalue weighted by Gasteiger charge is 2.22. The molecule has 0 aliphatic carbocycles. The highest BCUT2D eigenvalue weighted by Crippen LogP contribution is 2.39. The van der Waals surface area contributed by atoms with E-state index in [0.29, 0.717) is 6.42 Å². The molecule has 0 rings (SSSR count). The lowest BCUT2D eigenvalue weighted by Crippen LogP contribution is -2.16. The van der Waals surface area contributed by atoms with E-state index in [9.17, 15) is 4.57 Å². The van der Waals surface area contributed by atoms with Crippen LogP contribution in [0.3, 0.4) is 0 Å². The van der Waals surface area contributed by atoms with E-state index in [-0.39, 0.29) is 5.41 Å². The molecule has 0 amide bonds. The molecule has 1 unspecified atom stereocenters. The molecule has 0 saturated carbocycles. The van der Waals surface area contributed by atoms with Crippen molar-refractivity contribution in [3.05, 3.63) is 0 Å². The van der Waals surface area contributed by atoms with Crippen molar-refractivity contribution < 1.29 is 18.9 Å². The second-order valence-corrected chi connectivity index (χ2v) is 5.36. The third kappa shape index (κ3) is 8.21. The first-order valence-electron chi connectivity index (χ1n) is 3.84. The maximum Gasteiger partial charge on any atom is 0.469 e. The number of phosphoric ester groups is 1. The molecule has 74 valence electrons. The summed E-state index contributed by atoms with van der Waals surface area (Å²) in [7, 11) is -4.31. The first-order chi connectivity index (χ1) is 5.10. The van der Waals surface area contributed by atoms with Gasteiger partial charge in [0, 0.05) is 0 Å². The van der Waals surface area contributed by atoms with Crippen molar-refractivity contribution in [3.63, 3.8) is 0 Å². The molecule has 0 aromatic heterocycles. The zero-order valence-corrected chi connectivity index (χ0v) is 8.84. The first kappa shape index (κ1) is 12.1. The summed E-state index contributed by atoms with van der Waals surface area (Å²) in [6, 6.07) is 0. The molecule has 0 spiro atoms. The molecule has 0 aromatic rings. The third-order valence-corrected chi connectivity index (χ3v) is 1.85. The predicted molar refractivity (Wildman–Crippen MR) is 46.7 cm³/mol. The van der Waals surface area contributed by atoms with E-state index in [1.807, 2.05) is 20.8 Å². The minimum atomic E-state index is -4.31. The van der Waals surface area contributed by atoms with Crippen LogP contribution >= 0.6 is 7.82 Å². The van der Waals surface area contributed by atoms with Crippen LogP contribution in [0.25, 0.3) is 0 Å².